The lowest BCUT2D eigenvalue weighted by molar-refractivity contribution is -0.117. The molecule has 6 nitrogen and oxygen atoms in total. The molecular formula is C15H16FN3O3S. The summed E-state index contributed by atoms with van der Waals surface area (Å²) < 4.78 is 35.1. The summed E-state index contributed by atoms with van der Waals surface area (Å²) in [7, 11) is -4.75. The Morgan fingerprint density at radius 3 is 2.52 bits per heavy atom. The lowest BCUT2D eigenvalue weighted by atomic mass is 10.1. The van der Waals surface area contributed by atoms with Crippen molar-refractivity contribution in [1.29, 1.82) is 5.26 Å². The average Bonchev–Trinajstić information content (AvgIpc) is 3.15. The summed E-state index contributed by atoms with van der Waals surface area (Å²) >= 11 is 0. The second kappa shape index (κ2) is 5.81. The maximum absolute atomic E-state index is 13.1. The second-order valence-electron chi connectivity index (χ2n) is 5.81. The first kappa shape index (κ1) is 15.7. The number of rotatable bonds is 3. The largest absolute Gasteiger partial charge is 0.370 e. The topological polar surface area (TPSA) is 81.5 Å². The zero-order chi connectivity index (χ0) is 16.6. The van der Waals surface area contributed by atoms with Crippen LogP contribution in [0, 0.1) is 11.3 Å². The van der Waals surface area contributed by atoms with Gasteiger partial charge in [0, 0.05) is 31.7 Å². The minimum atomic E-state index is -4.75. The molecule has 0 saturated carbocycles. The van der Waals surface area contributed by atoms with Gasteiger partial charge < -0.3 is 9.80 Å². The standard InChI is InChI=1S/C15H16FN3O3S/c16-23(21,22)13-8-15(20)19(10-13)12-3-4-14(11(7-12)9-17)18-5-1-2-6-18/h3-4,7,13H,1-2,5-6,8,10H2. The zero-order valence-electron chi connectivity index (χ0n) is 12.4. The van der Waals surface area contributed by atoms with Crippen LogP contribution in [0.15, 0.2) is 18.2 Å². The smallest absolute Gasteiger partial charge is 0.307 e. The normalized spacial score (nSPS) is 21.7. The van der Waals surface area contributed by atoms with Gasteiger partial charge in [-0.3, -0.25) is 4.79 Å². The Bertz CT molecular complexity index is 782. The Morgan fingerprint density at radius 2 is 1.96 bits per heavy atom. The van der Waals surface area contributed by atoms with E-state index in [1.54, 1.807) is 18.2 Å². The van der Waals surface area contributed by atoms with Crippen LogP contribution in [0.1, 0.15) is 24.8 Å². The van der Waals surface area contributed by atoms with Gasteiger partial charge >= 0.3 is 10.2 Å². The molecule has 122 valence electrons. The van der Waals surface area contributed by atoms with Gasteiger partial charge in [-0.2, -0.15) is 13.7 Å². The molecule has 2 aliphatic rings. The van der Waals surface area contributed by atoms with Gasteiger partial charge in [0.1, 0.15) is 11.3 Å². The average molecular weight is 337 g/mol. The number of hydrogen-bond donors (Lipinski definition) is 0. The van der Waals surface area contributed by atoms with Gasteiger partial charge in [0.2, 0.25) is 5.91 Å². The number of halogens is 1. The molecule has 2 fully saturated rings. The Balaban J connectivity index is 1.89. The number of anilines is 2. The highest BCUT2D eigenvalue weighted by atomic mass is 32.3. The molecule has 8 heteroatoms. The molecule has 1 unspecified atom stereocenters. The summed E-state index contributed by atoms with van der Waals surface area (Å²) in [4.78, 5) is 15.3. The predicted octanol–water partition coefficient (Wildman–Crippen LogP) is 1.56. The van der Waals surface area contributed by atoms with Crippen molar-refractivity contribution in [3.8, 4) is 6.07 Å². The van der Waals surface area contributed by atoms with E-state index < -0.39 is 21.4 Å². The summed E-state index contributed by atoms with van der Waals surface area (Å²) in [5, 5.41) is 8.02. The number of amides is 1. The quantitative estimate of drug-likeness (QED) is 0.782. The Hall–Kier alpha value is -2.14. The van der Waals surface area contributed by atoms with E-state index in [1.165, 1.54) is 4.90 Å². The summed E-state index contributed by atoms with van der Waals surface area (Å²) in [6.07, 6.45) is 1.79. The van der Waals surface area contributed by atoms with Crippen LogP contribution in [-0.4, -0.2) is 39.2 Å². The van der Waals surface area contributed by atoms with Gasteiger partial charge in [-0.1, -0.05) is 0 Å². The second-order valence-corrected chi connectivity index (χ2v) is 7.43. The first-order valence-electron chi connectivity index (χ1n) is 7.43. The summed E-state index contributed by atoms with van der Waals surface area (Å²) in [5.41, 5.74) is 1.68. The SMILES string of the molecule is N#Cc1cc(N2CC(S(=O)(=O)F)CC2=O)ccc1N1CCCC1. The van der Waals surface area contributed by atoms with Crippen LogP contribution < -0.4 is 9.80 Å². The molecule has 1 amide bonds. The predicted molar refractivity (Wildman–Crippen MR) is 83.4 cm³/mol. The minimum Gasteiger partial charge on any atom is -0.370 e. The van der Waals surface area contributed by atoms with Gasteiger partial charge in [-0.05, 0) is 31.0 Å². The van der Waals surface area contributed by atoms with E-state index in [0.29, 0.717) is 11.3 Å². The van der Waals surface area contributed by atoms with E-state index in [-0.39, 0.29) is 13.0 Å². The number of nitriles is 1. The van der Waals surface area contributed by atoms with E-state index in [2.05, 4.69) is 11.0 Å². The summed E-state index contributed by atoms with van der Waals surface area (Å²) in [6.45, 7) is 1.56. The van der Waals surface area contributed by atoms with Crippen LogP contribution in [-0.2, 0) is 15.0 Å². The van der Waals surface area contributed by atoms with Crippen LogP contribution in [0.2, 0.25) is 0 Å². The molecule has 0 aromatic heterocycles. The maximum Gasteiger partial charge on any atom is 0.307 e. The van der Waals surface area contributed by atoms with Crippen molar-refractivity contribution in [3.63, 3.8) is 0 Å². The lowest BCUT2D eigenvalue weighted by Gasteiger charge is -2.22. The van der Waals surface area contributed by atoms with E-state index >= 15 is 0 Å². The number of hydrogen-bond acceptors (Lipinski definition) is 5. The van der Waals surface area contributed by atoms with E-state index in [4.69, 9.17) is 0 Å². The van der Waals surface area contributed by atoms with Crippen LogP contribution in [0.3, 0.4) is 0 Å². The fraction of sp³-hybridized carbons (Fsp3) is 0.467. The number of carbonyl (C=O) groups is 1. The van der Waals surface area contributed by atoms with E-state index in [9.17, 15) is 22.4 Å². The molecule has 2 aliphatic heterocycles. The van der Waals surface area contributed by atoms with Crippen LogP contribution in [0.5, 0.6) is 0 Å². The van der Waals surface area contributed by atoms with Gasteiger partial charge in [-0.25, -0.2) is 0 Å². The molecule has 2 heterocycles. The Morgan fingerprint density at radius 1 is 1.26 bits per heavy atom. The maximum atomic E-state index is 13.1. The molecule has 1 aromatic rings. The fourth-order valence-electron chi connectivity index (χ4n) is 3.13. The fourth-order valence-corrected chi connectivity index (χ4v) is 3.80. The van der Waals surface area contributed by atoms with Crippen LogP contribution in [0.4, 0.5) is 15.3 Å². The molecule has 1 aromatic carbocycles. The summed E-state index contributed by atoms with van der Waals surface area (Å²) in [6, 6.07) is 7.14. The van der Waals surface area contributed by atoms with Crippen LogP contribution >= 0.6 is 0 Å². The van der Waals surface area contributed by atoms with Gasteiger partial charge in [0.25, 0.3) is 0 Å². The third-order valence-corrected chi connectivity index (χ3v) is 5.46. The molecule has 0 spiro atoms. The third-order valence-electron chi connectivity index (χ3n) is 4.35. The highest BCUT2D eigenvalue weighted by Gasteiger charge is 2.39. The lowest BCUT2D eigenvalue weighted by Crippen LogP contribution is -2.27. The zero-order valence-corrected chi connectivity index (χ0v) is 13.2. The first-order chi connectivity index (χ1) is 10.9. The molecular weight excluding hydrogens is 321 g/mol. The van der Waals surface area contributed by atoms with Crippen molar-refractivity contribution in [3.05, 3.63) is 23.8 Å². The number of carbonyl (C=O) groups excluding carboxylic acids is 1. The van der Waals surface area contributed by atoms with E-state index in [1.807, 2.05) is 0 Å². The van der Waals surface area contributed by atoms with Crippen molar-refractivity contribution < 1.29 is 17.1 Å². The Labute approximate surface area is 134 Å². The molecule has 0 radical (unpaired) electrons. The minimum absolute atomic E-state index is 0.217. The third kappa shape index (κ3) is 3.01. The van der Waals surface area contributed by atoms with Crippen molar-refractivity contribution in [2.24, 2.45) is 0 Å². The summed E-state index contributed by atoms with van der Waals surface area (Å²) in [5.74, 6) is -0.450. The number of benzene rings is 1. The van der Waals surface area contributed by atoms with Gasteiger partial charge in [-0.15, -0.1) is 3.89 Å². The molecule has 3 rings (SSSR count). The molecule has 0 bridgehead atoms. The molecule has 0 aliphatic carbocycles. The van der Waals surface area contributed by atoms with Gasteiger partial charge in [0.15, 0.2) is 0 Å². The Kier molecular flexibility index (Phi) is 3.98. The molecule has 23 heavy (non-hydrogen) atoms. The van der Waals surface area contributed by atoms with Crippen molar-refractivity contribution in [1.82, 2.24) is 0 Å². The van der Waals surface area contributed by atoms with Crippen LogP contribution in [0.25, 0.3) is 0 Å². The van der Waals surface area contributed by atoms with Gasteiger partial charge in [0.05, 0.1) is 11.3 Å². The van der Waals surface area contributed by atoms with Crippen molar-refractivity contribution in [2.75, 3.05) is 29.4 Å². The van der Waals surface area contributed by atoms with E-state index in [0.717, 1.165) is 31.6 Å². The monoisotopic (exact) mass is 337 g/mol. The highest BCUT2D eigenvalue weighted by molar-refractivity contribution is 7.87. The molecule has 1 atom stereocenters. The molecule has 2 saturated heterocycles. The number of nitrogens with zero attached hydrogens (tertiary/aromatic N) is 3. The highest BCUT2D eigenvalue weighted by Crippen LogP contribution is 2.31. The molecule has 0 N–H and O–H groups in total. The first-order valence-corrected chi connectivity index (χ1v) is 8.88. The van der Waals surface area contributed by atoms with Crippen molar-refractivity contribution >= 4 is 27.5 Å². The van der Waals surface area contributed by atoms with Crippen molar-refractivity contribution in [2.45, 2.75) is 24.5 Å².